The minimum absolute atomic E-state index is 0.450. The first-order valence-electron chi connectivity index (χ1n) is 6.99. The fourth-order valence-electron chi connectivity index (χ4n) is 2.51. The maximum Gasteiger partial charge on any atom is 0.157 e. The van der Waals surface area contributed by atoms with E-state index in [-0.39, 0.29) is 0 Å². The zero-order valence-corrected chi connectivity index (χ0v) is 12.7. The van der Waals surface area contributed by atoms with Gasteiger partial charge < -0.3 is 5.32 Å². The fraction of sp³-hybridized carbons (Fsp3) is 0.533. The van der Waals surface area contributed by atoms with Crippen molar-refractivity contribution in [2.75, 3.05) is 17.3 Å². The SMILES string of the molecule is c1ccc(CC2CSC(NC3CCCSC3)=N2)cc1. The van der Waals surface area contributed by atoms with Gasteiger partial charge in [0.15, 0.2) is 5.17 Å². The first-order valence-corrected chi connectivity index (χ1v) is 9.13. The van der Waals surface area contributed by atoms with Crippen molar-refractivity contribution in [3.8, 4) is 0 Å². The predicted molar refractivity (Wildman–Crippen MR) is 87.3 cm³/mol. The third-order valence-electron chi connectivity index (χ3n) is 3.51. The van der Waals surface area contributed by atoms with Gasteiger partial charge in [0.2, 0.25) is 0 Å². The van der Waals surface area contributed by atoms with Crippen molar-refractivity contribution in [1.82, 2.24) is 5.32 Å². The molecule has 0 bridgehead atoms. The highest BCUT2D eigenvalue weighted by Crippen LogP contribution is 2.23. The van der Waals surface area contributed by atoms with Gasteiger partial charge in [-0.1, -0.05) is 42.1 Å². The summed E-state index contributed by atoms with van der Waals surface area (Å²) in [6, 6.07) is 11.8. The minimum atomic E-state index is 0.450. The standard InChI is InChI=1S/C15H20N2S2/c1-2-5-12(6-3-1)9-14-11-19-15(17-14)16-13-7-4-8-18-10-13/h1-3,5-6,13-14H,4,7-11H2,(H,16,17). The average Bonchev–Trinajstić information content (AvgIpc) is 2.88. The third kappa shape index (κ3) is 3.93. The summed E-state index contributed by atoms with van der Waals surface area (Å²) in [6.45, 7) is 0. The number of hydrogen-bond donors (Lipinski definition) is 1. The van der Waals surface area contributed by atoms with Crippen LogP contribution < -0.4 is 5.32 Å². The van der Waals surface area contributed by atoms with Gasteiger partial charge in [-0.2, -0.15) is 11.8 Å². The lowest BCUT2D eigenvalue weighted by Crippen LogP contribution is -2.36. The van der Waals surface area contributed by atoms with Gasteiger partial charge in [-0.25, -0.2) is 0 Å². The molecule has 2 aliphatic rings. The van der Waals surface area contributed by atoms with Gasteiger partial charge in [-0.3, -0.25) is 4.99 Å². The van der Waals surface area contributed by atoms with Crippen LogP contribution in [0.5, 0.6) is 0 Å². The molecule has 4 heteroatoms. The summed E-state index contributed by atoms with van der Waals surface area (Å²) in [6.07, 6.45) is 3.71. The monoisotopic (exact) mass is 292 g/mol. The highest BCUT2D eigenvalue weighted by Gasteiger charge is 2.21. The topological polar surface area (TPSA) is 24.4 Å². The van der Waals surface area contributed by atoms with Crippen molar-refractivity contribution in [3.63, 3.8) is 0 Å². The van der Waals surface area contributed by atoms with Gasteiger partial charge in [0.25, 0.3) is 0 Å². The maximum absolute atomic E-state index is 4.84. The molecule has 19 heavy (non-hydrogen) atoms. The second-order valence-electron chi connectivity index (χ2n) is 5.15. The minimum Gasteiger partial charge on any atom is -0.361 e. The summed E-state index contributed by atoms with van der Waals surface area (Å²) < 4.78 is 0. The molecule has 2 heterocycles. The molecule has 0 saturated carbocycles. The molecule has 1 aromatic rings. The molecule has 2 aliphatic heterocycles. The first kappa shape index (κ1) is 13.4. The quantitative estimate of drug-likeness (QED) is 0.926. The Balaban J connectivity index is 1.52. The number of nitrogens with one attached hydrogen (secondary N) is 1. The number of hydrogen-bond acceptors (Lipinski definition) is 4. The Morgan fingerprint density at radius 1 is 1.21 bits per heavy atom. The highest BCUT2D eigenvalue weighted by atomic mass is 32.2. The van der Waals surface area contributed by atoms with Gasteiger partial charge in [-0.05, 0) is 30.6 Å². The molecule has 0 aromatic heterocycles. The van der Waals surface area contributed by atoms with Gasteiger partial charge >= 0.3 is 0 Å². The number of benzene rings is 1. The molecule has 0 radical (unpaired) electrons. The lowest BCUT2D eigenvalue weighted by molar-refractivity contribution is 0.595. The van der Waals surface area contributed by atoms with Crippen LogP contribution in [-0.2, 0) is 6.42 Å². The van der Waals surface area contributed by atoms with Gasteiger partial charge in [0, 0.05) is 17.5 Å². The van der Waals surface area contributed by atoms with Gasteiger partial charge in [-0.15, -0.1) is 0 Å². The number of rotatable bonds is 3. The molecule has 102 valence electrons. The van der Waals surface area contributed by atoms with Crippen LogP contribution in [-0.4, -0.2) is 34.5 Å². The number of aliphatic imine (C=N–C) groups is 1. The summed E-state index contributed by atoms with van der Waals surface area (Å²) in [5.41, 5.74) is 1.39. The van der Waals surface area contributed by atoms with E-state index >= 15 is 0 Å². The zero-order chi connectivity index (χ0) is 12.9. The van der Waals surface area contributed by atoms with Crippen molar-refractivity contribution < 1.29 is 0 Å². The van der Waals surface area contributed by atoms with Crippen LogP contribution in [0.1, 0.15) is 18.4 Å². The Kier molecular flexibility index (Phi) is 4.72. The molecule has 1 fully saturated rings. The summed E-state index contributed by atoms with van der Waals surface area (Å²) in [7, 11) is 0. The van der Waals surface area contributed by atoms with Crippen LogP contribution in [0.25, 0.3) is 0 Å². The van der Waals surface area contributed by atoms with Crippen LogP contribution in [0.2, 0.25) is 0 Å². The Bertz CT molecular complexity index is 427. The van der Waals surface area contributed by atoms with E-state index < -0.39 is 0 Å². The van der Waals surface area contributed by atoms with Crippen LogP contribution in [0.15, 0.2) is 35.3 Å². The molecule has 2 nitrogen and oxygen atoms in total. The largest absolute Gasteiger partial charge is 0.361 e. The van der Waals surface area contributed by atoms with Crippen molar-refractivity contribution in [3.05, 3.63) is 35.9 Å². The number of amidine groups is 1. The molecule has 3 rings (SSSR count). The molecule has 1 N–H and O–H groups in total. The van der Waals surface area contributed by atoms with Gasteiger partial charge in [0.1, 0.15) is 0 Å². The highest BCUT2D eigenvalue weighted by molar-refractivity contribution is 8.14. The van der Waals surface area contributed by atoms with Crippen molar-refractivity contribution in [2.24, 2.45) is 4.99 Å². The van der Waals surface area contributed by atoms with E-state index in [1.54, 1.807) is 0 Å². The zero-order valence-electron chi connectivity index (χ0n) is 11.0. The van der Waals surface area contributed by atoms with E-state index in [1.165, 1.54) is 35.1 Å². The van der Waals surface area contributed by atoms with Crippen LogP contribution in [0.3, 0.4) is 0 Å². The molecule has 2 unspecified atom stereocenters. The lowest BCUT2D eigenvalue weighted by atomic mass is 10.1. The fourth-order valence-corrected chi connectivity index (χ4v) is 4.60. The van der Waals surface area contributed by atoms with E-state index in [0.717, 1.165) is 12.2 Å². The summed E-state index contributed by atoms with van der Waals surface area (Å²) >= 11 is 3.96. The van der Waals surface area contributed by atoms with E-state index in [1.807, 2.05) is 11.8 Å². The molecular formula is C15H20N2S2. The molecule has 1 saturated heterocycles. The predicted octanol–water partition coefficient (Wildman–Crippen LogP) is 3.19. The second-order valence-corrected chi connectivity index (χ2v) is 7.31. The number of nitrogens with zero attached hydrogens (tertiary/aromatic N) is 1. The lowest BCUT2D eigenvalue weighted by Gasteiger charge is -2.22. The molecule has 0 spiro atoms. The molecule has 1 aromatic carbocycles. The third-order valence-corrected chi connectivity index (χ3v) is 5.78. The second kappa shape index (κ2) is 6.71. The van der Waals surface area contributed by atoms with E-state index in [2.05, 4.69) is 47.4 Å². The van der Waals surface area contributed by atoms with Crippen LogP contribution in [0.4, 0.5) is 0 Å². The van der Waals surface area contributed by atoms with E-state index in [0.29, 0.717) is 12.1 Å². The molecule has 0 amide bonds. The average molecular weight is 292 g/mol. The molecular weight excluding hydrogens is 272 g/mol. The van der Waals surface area contributed by atoms with Crippen LogP contribution >= 0.6 is 23.5 Å². The normalized spacial score (nSPS) is 27.1. The Morgan fingerprint density at radius 3 is 2.89 bits per heavy atom. The maximum atomic E-state index is 4.84. The molecule has 2 atom stereocenters. The summed E-state index contributed by atoms with van der Waals surface area (Å²) in [5.74, 6) is 3.69. The van der Waals surface area contributed by atoms with Gasteiger partial charge in [0.05, 0.1) is 6.04 Å². The smallest absolute Gasteiger partial charge is 0.157 e. The van der Waals surface area contributed by atoms with Crippen LogP contribution in [0, 0.1) is 0 Å². The van der Waals surface area contributed by atoms with E-state index in [4.69, 9.17) is 4.99 Å². The Labute approximate surface area is 123 Å². The van der Waals surface area contributed by atoms with E-state index in [9.17, 15) is 0 Å². The number of thioether (sulfide) groups is 2. The van der Waals surface area contributed by atoms with Crippen molar-refractivity contribution in [2.45, 2.75) is 31.3 Å². The Morgan fingerprint density at radius 2 is 2.11 bits per heavy atom. The molecule has 0 aliphatic carbocycles. The first-order chi connectivity index (χ1) is 9.40. The van der Waals surface area contributed by atoms with Crippen molar-refractivity contribution >= 4 is 28.7 Å². The summed E-state index contributed by atoms with van der Waals surface area (Å²) in [5, 5.41) is 4.80. The van der Waals surface area contributed by atoms with Crippen molar-refractivity contribution in [1.29, 1.82) is 0 Å². The Hall–Kier alpha value is -0.610. The summed E-state index contributed by atoms with van der Waals surface area (Å²) in [4.78, 5) is 4.84.